The fourth-order valence-electron chi connectivity index (χ4n) is 7.64. The van der Waals surface area contributed by atoms with Crippen LogP contribution in [0.15, 0.2) is 39.6 Å². The van der Waals surface area contributed by atoms with Crippen molar-refractivity contribution in [1.82, 2.24) is 29.7 Å². The lowest BCUT2D eigenvalue weighted by atomic mass is 9.75. The highest BCUT2D eigenvalue weighted by atomic mass is 16.5. The van der Waals surface area contributed by atoms with Crippen molar-refractivity contribution in [1.29, 1.82) is 0 Å². The summed E-state index contributed by atoms with van der Waals surface area (Å²) in [5, 5.41) is 7.70. The Hall–Kier alpha value is -3.49. The summed E-state index contributed by atoms with van der Waals surface area (Å²) in [5.74, 6) is 4.65. The number of H-pyrrole nitrogens is 1. The van der Waals surface area contributed by atoms with Gasteiger partial charge in [0.15, 0.2) is 11.5 Å². The second-order valence-corrected chi connectivity index (χ2v) is 13.3. The van der Waals surface area contributed by atoms with E-state index in [9.17, 15) is 4.79 Å². The van der Waals surface area contributed by atoms with E-state index < -0.39 is 5.76 Å². The van der Waals surface area contributed by atoms with Crippen LogP contribution in [0.3, 0.4) is 0 Å². The molecule has 3 aliphatic rings. The third-order valence-corrected chi connectivity index (χ3v) is 10.4. The third kappa shape index (κ3) is 5.38. The summed E-state index contributed by atoms with van der Waals surface area (Å²) in [7, 11) is 0. The highest BCUT2D eigenvalue weighted by Crippen LogP contribution is 2.45. The number of nitrogens with one attached hydrogen (secondary N) is 2. The maximum atomic E-state index is 11.8. The summed E-state index contributed by atoms with van der Waals surface area (Å²) < 4.78 is 7.32. The van der Waals surface area contributed by atoms with E-state index >= 15 is 0 Å². The van der Waals surface area contributed by atoms with E-state index in [0.29, 0.717) is 35.1 Å². The van der Waals surface area contributed by atoms with Crippen molar-refractivity contribution in [2.45, 2.75) is 109 Å². The molecule has 3 aromatic heterocycles. The fourth-order valence-corrected chi connectivity index (χ4v) is 7.64. The van der Waals surface area contributed by atoms with E-state index in [1.54, 1.807) is 0 Å². The maximum absolute atomic E-state index is 11.8. The molecule has 3 fully saturated rings. The second kappa shape index (κ2) is 11.7. The van der Waals surface area contributed by atoms with Crippen molar-refractivity contribution >= 4 is 17.0 Å². The van der Waals surface area contributed by atoms with Gasteiger partial charge >= 0.3 is 5.76 Å². The van der Waals surface area contributed by atoms with Gasteiger partial charge in [-0.25, -0.2) is 19.7 Å². The number of imidazole rings is 1. The zero-order valence-corrected chi connectivity index (χ0v) is 24.9. The summed E-state index contributed by atoms with van der Waals surface area (Å²) in [6.45, 7) is 5.58. The molecule has 3 atom stereocenters. The van der Waals surface area contributed by atoms with Crippen LogP contribution in [0.1, 0.15) is 108 Å². The lowest BCUT2D eigenvalue weighted by molar-refractivity contribution is 0.260. The van der Waals surface area contributed by atoms with Crippen LogP contribution in [0.5, 0.6) is 0 Å². The molecule has 0 saturated heterocycles. The molecule has 42 heavy (non-hydrogen) atoms. The number of aromatic amines is 1. The molecule has 9 nitrogen and oxygen atoms in total. The lowest BCUT2D eigenvalue weighted by Crippen LogP contribution is -2.31. The van der Waals surface area contributed by atoms with Crippen LogP contribution < -0.4 is 11.1 Å². The number of fused-ring (bicyclic) bond motifs is 1. The lowest BCUT2D eigenvalue weighted by Gasteiger charge is -2.34. The quantitative estimate of drug-likeness (QED) is 0.234. The van der Waals surface area contributed by atoms with Gasteiger partial charge < -0.3 is 9.88 Å². The van der Waals surface area contributed by atoms with Gasteiger partial charge in [0.05, 0.1) is 0 Å². The molecule has 0 amide bonds. The highest BCUT2D eigenvalue weighted by Gasteiger charge is 2.35. The van der Waals surface area contributed by atoms with E-state index in [-0.39, 0.29) is 11.9 Å². The Labute approximate surface area is 246 Å². The molecule has 0 spiro atoms. The number of aromatic nitrogens is 6. The van der Waals surface area contributed by atoms with Crippen LogP contribution in [-0.2, 0) is 6.54 Å². The van der Waals surface area contributed by atoms with Gasteiger partial charge in [-0.05, 0) is 74.7 Å². The molecule has 7 rings (SSSR count). The molecule has 4 aromatic rings. The van der Waals surface area contributed by atoms with Gasteiger partial charge in [-0.2, -0.15) is 0 Å². The minimum atomic E-state index is -0.614. The number of rotatable bonds is 8. The van der Waals surface area contributed by atoms with Crippen LogP contribution in [0.2, 0.25) is 0 Å². The first-order valence-corrected chi connectivity index (χ1v) is 16.2. The average molecular weight is 570 g/mol. The molecule has 0 bridgehead atoms. The van der Waals surface area contributed by atoms with E-state index in [2.05, 4.69) is 64.2 Å². The number of anilines is 1. The predicted octanol–water partition coefficient (Wildman–Crippen LogP) is 7.04. The Bertz CT molecular complexity index is 1560. The zero-order chi connectivity index (χ0) is 28.6. The first-order chi connectivity index (χ1) is 20.5. The van der Waals surface area contributed by atoms with E-state index in [4.69, 9.17) is 19.5 Å². The van der Waals surface area contributed by atoms with E-state index in [1.807, 2.05) is 0 Å². The van der Waals surface area contributed by atoms with Crippen molar-refractivity contribution in [2.24, 2.45) is 17.8 Å². The number of hydrogen-bond donors (Lipinski definition) is 2. The number of nitrogens with zero attached hydrogens (tertiary/aromatic N) is 5. The van der Waals surface area contributed by atoms with Gasteiger partial charge in [0.2, 0.25) is 11.6 Å². The molecule has 2 unspecified atom stereocenters. The van der Waals surface area contributed by atoms with Crippen molar-refractivity contribution in [3.63, 3.8) is 0 Å². The van der Waals surface area contributed by atoms with Gasteiger partial charge in [0.25, 0.3) is 0 Å². The largest absolute Gasteiger partial charge is 0.439 e. The first-order valence-electron chi connectivity index (χ1n) is 16.2. The van der Waals surface area contributed by atoms with Gasteiger partial charge in [-0.3, -0.25) is 9.51 Å². The smallest absolute Gasteiger partial charge is 0.365 e. The van der Waals surface area contributed by atoms with Crippen LogP contribution in [0, 0.1) is 17.8 Å². The monoisotopic (exact) mass is 569 g/mol. The Morgan fingerprint density at radius 2 is 1.71 bits per heavy atom. The SMILES string of the molecule is CC1CCC(Cn2c(C3CCCCC3c3ccccc3)nc3nc(-c4noc(=O)[nH]4)nc(N[C@H](C)C4CCC4)c32)CC1. The van der Waals surface area contributed by atoms with Crippen LogP contribution in [0.4, 0.5) is 5.82 Å². The first kappa shape index (κ1) is 27.3. The van der Waals surface area contributed by atoms with Gasteiger partial charge in [-0.1, -0.05) is 74.5 Å². The Morgan fingerprint density at radius 1 is 0.952 bits per heavy atom. The highest BCUT2D eigenvalue weighted by molar-refractivity contribution is 5.86. The maximum Gasteiger partial charge on any atom is 0.439 e. The van der Waals surface area contributed by atoms with Gasteiger partial charge in [0, 0.05) is 18.5 Å². The average Bonchev–Trinajstić information content (AvgIpc) is 3.57. The molecule has 3 heterocycles. The number of hydrogen-bond acceptors (Lipinski definition) is 7. The standard InChI is InChI=1S/C33H43N7O2/c1-20-15-17-22(18-16-20)19-40-27-28(34-21(2)23-11-8-12-23)35-30(31-38-33(41)42-39-31)36-29(27)37-32(40)26-14-7-6-13-25(26)24-9-4-3-5-10-24/h3-5,9-10,20-23,25-26H,6-8,11-19H2,1-2H3,(H,34,35,36)(H,38,39,41)/t20?,21-,22?,25?,26?/m1/s1. The Kier molecular flexibility index (Phi) is 7.59. The summed E-state index contributed by atoms with van der Waals surface area (Å²) >= 11 is 0. The van der Waals surface area contributed by atoms with Crippen molar-refractivity contribution < 1.29 is 4.52 Å². The van der Waals surface area contributed by atoms with E-state index in [1.165, 1.54) is 69.8 Å². The summed E-state index contributed by atoms with van der Waals surface area (Å²) in [4.78, 5) is 29.7. The fraction of sp³-hybridized carbons (Fsp3) is 0.606. The number of benzene rings is 1. The minimum absolute atomic E-state index is 0.235. The van der Waals surface area contributed by atoms with Crippen molar-refractivity contribution in [2.75, 3.05) is 5.32 Å². The van der Waals surface area contributed by atoms with Crippen molar-refractivity contribution in [3.8, 4) is 11.6 Å². The molecule has 2 N–H and O–H groups in total. The molecular weight excluding hydrogens is 526 g/mol. The normalized spacial score (nSPS) is 25.8. The Morgan fingerprint density at radius 3 is 2.40 bits per heavy atom. The second-order valence-electron chi connectivity index (χ2n) is 13.3. The van der Waals surface area contributed by atoms with Gasteiger partial charge in [0.1, 0.15) is 11.3 Å². The molecule has 9 heteroatoms. The topological polar surface area (TPSA) is 115 Å². The molecule has 3 saturated carbocycles. The predicted molar refractivity (Wildman–Crippen MR) is 163 cm³/mol. The molecule has 1 aromatic carbocycles. The van der Waals surface area contributed by atoms with Crippen LogP contribution in [-0.4, -0.2) is 35.7 Å². The summed E-state index contributed by atoms with van der Waals surface area (Å²) in [6.07, 6.45) is 13.5. The van der Waals surface area contributed by atoms with Gasteiger partial charge in [-0.15, -0.1) is 0 Å². The van der Waals surface area contributed by atoms with E-state index in [0.717, 1.165) is 36.0 Å². The van der Waals surface area contributed by atoms with Crippen LogP contribution in [0.25, 0.3) is 22.8 Å². The summed E-state index contributed by atoms with van der Waals surface area (Å²) in [5.41, 5.74) is 3.06. The molecule has 0 aliphatic heterocycles. The van der Waals surface area contributed by atoms with Crippen LogP contribution >= 0.6 is 0 Å². The van der Waals surface area contributed by atoms with Crippen molar-refractivity contribution in [3.05, 3.63) is 52.3 Å². The zero-order valence-electron chi connectivity index (χ0n) is 24.9. The molecule has 0 radical (unpaired) electrons. The minimum Gasteiger partial charge on any atom is -0.365 e. The molecule has 222 valence electrons. The Balaban J connectivity index is 1.38. The third-order valence-electron chi connectivity index (χ3n) is 10.4. The summed E-state index contributed by atoms with van der Waals surface area (Å²) in [6, 6.07) is 11.3. The molecule has 3 aliphatic carbocycles. The molecular formula is C33H43N7O2.